The number of halogens is 1. The predicted molar refractivity (Wildman–Crippen MR) is 65.0 cm³/mol. The lowest BCUT2D eigenvalue weighted by Gasteiger charge is -2.07. The van der Waals surface area contributed by atoms with Crippen molar-refractivity contribution in [2.75, 3.05) is 12.4 Å². The number of nitrogens with one attached hydrogen (secondary N) is 1. The van der Waals surface area contributed by atoms with E-state index in [1.54, 1.807) is 44.6 Å². The van der Waals surface area contributed by atoms with Crippen LogP contribution in [0.4, 0.5) is 10.1 Å². The van der Waals surface area contributed by atoms with Gasteiger partial charge in [-0.3, -0.25) is 4.98 Å². The second-order valence-electron chi connectivity index (χ2n) is 3.67. The third-order valence-electron chi connectivity index (χ3n) is 2.38. The van der Waals surface area contributed by atoms with Gasteiger partial charge >= 0.3 is 0 Å². The summed E-state index contributed by atoms with van der Waals surface area (Å²) in [6.45, 7) is 1.71. The molecule has 0 bridgehead atoms. The van der Waals surface area contributed by atoms with E-state index in [0.29, 0.717) is 17.1 Å². The highest BCUT2D eigenvalue weighted by Crippen LogP contribution is 2.24. The van der Waals surface area contributed by atoms with E-state index < -0.39 is 0 Å². The van der Waals surface area contributed by atoms with Crippen LogP contribution in [0.25, 0.3) is 0 Å². The van der Waals surface area contributed by atoms with Gasteiger partial charge in [-0.1, -0.05) is 6.07 Å². The van der Waals surface area contributed by atoms with Gasteiger partial charge in [0.1, 0.15) is 17.3 Å². The number of hydrogen-bond donors (Lipinski definition) is 1. The van der Waals surface area contributed by atoms with Crippen molar-refractivity contribution in [2.24, 2.45) is 0 Å². The number of aryl methyl sites for hydroxylation is 1. The molecule has 1 heterocycles. The molecule has 17 heavy (non-hydrogen) atoms. The Labute approximate surface area is 99.3 Å². The molecule has 1 aromatic carbocycles. The molecule has 88 valence electrons. The molecule has 0 aliphatic heterocycles. The Bertz CT molecular complexity index is 529. The molecule has 0 radical (unpaired) electrons. The van der Waals surface area contributed by atoms with E-state index in [1.807, 2.05) is 0 Å². The van der Waals surface area contributed by atoms with Crippen molar-refractivity contribution in [1.82, 2.24) is 4.98 Å². The van der Waals surface area contributed by atoms with E-state index in [1.165, 1.54) is 6.07 Å². The predicted octanol–water partition coefficient (Wildman–Crippen LogP) is 3.36. The first-order valence-electron chi connectivity index (χ1n) is 5.26. The number of nitrogens with zero attached hydrogens (tertiary/aromatic N) is 1. The molecule has 0 atom stereocenters. The summed E-state index contributed by atoms with van der Waals surface area (Å²) in [5, 5.41) is 2.96. The highest BCUT2D eigenvalue weighted by Gasteiger charge is 2.02. The molecule has 0 spiro atoms. The fraction of sp³-hybridized carbons (Fsp3) is 0.154. The standard InChI is InChI=1S/C13H13FN2O/c1-9-3-4-11(6-13(9)14)17-12-5-10(15-2)7-16-8-12/h3-8,15H,1-2H3. The lowest BCUT2D eigenvalue weighted by Crippen LogP contribution is -1.92. The topological polar surface area (TPSA) is 34.2 Å². The summed E-state index contributed by atoms with van der Waals surface area (Å²) in [5.41, 5.74) is 1.44. The van der Waals surface area contributed by atoms with E-state index in [-0.39, 0.29) is 5.82 Å². The first-order valence-corrected chi connectivity index (χ1v) is 5.26. The zero-order valence-corrected chi connectivity index (χ0v) is 9.70. The summed E-state index contributed by atoms with van der Waals surface area (Å²) < 4.78 is 18.8. The second-order valence-corrected chi connectivity index (χ2v) is 3.67. The van der Waals surface area contributed by atoms with Gasteiger partial charge in [0.25, 0.3) is 0 Å². The summed E-state index contributed by atoms with van der Waals surface area (Å²) in [7, 11) is 1.80. The highest BCUT2D eigenvalue weighted by atomic mass is 19.1. The fourth-order valence-corrected chi connectivity index (χ4v) is 1.38. The Balaban J connectivity index is 2.22. The normalized spacial score (nSPS) is 10.1. The second kappa shape index (κ2) is 4.82. The van der Waals surface area contributed by atoms with Crippen molar-refractivity contribution in [3.63, 3.8) is 0 Å². The van der Waals surface area contributed by atoms with E-state index in [4.69, 9.17) is 4.74 Å². The van der Waals surface area contributed by atoms with Gasteiger partial charge < -0.3 is 10.1 Å². The van der Waals surface area contributed by atoms with Gasteiger partial charge in [-0.15, -0.1) is 0 Å². The molecule has 2 aromatic rings. The minimum atomic E-state index is -0.278. The molecule has 0 saturated carbocycles. The highest BCUT2D eigenvalue weighted by molar-refractivity contribution is 5.45. The van der Waals surface area contributed by atoms with Crippen molar-refractivity contribution < 1.29 is 9.13 Å². The number of ether oxygens (including phenoxy) is 1. The largest absolute Gasteiger partial charge is 0.456 e. The summed E-state index contributed by atoms with van der Waals surface area (Å²) in [6.07, 6.45) is 3.27. The number of hydrogen-bond acceptors (Lipinski definition) is 3. The monoisotopic (exact) mass is 232 g/mol. The van der Waals surface area contributed by atoms with Crippen LogP contribution in [0.5, 0.6) is 11.5 Å². The quantitative estimate of drug-likeness (QED) is 0.881. The summed E-state index contributed by atoms with van der Waals surface area (Å²) in [4.78, 5) is 4.01. The Morgan fingerprint density at radius 2 is 2.00 bits per heavy atom. The van der Waals surface area contributed by atoms with Gasteiger partial charge in [0.15, 0.2) is 0 Å². The minimum Gasteiger partial charge on any atom is -0.456 e. The number of benzene rings is 1. The Hall–Kier alpha value is -2.10. The molecule has 4 heteroatoms. The zero-order valence-electron chi connectivity index (χ0n) is 9.70. The van der Waals surface area contributed by atoms with E-state index in [0.717, 1.165) is 5.69 Å². The van der Waals surface area contributed by atoms with E-state index in [2.05, 4.69) is 10.3 Å². The minimum absolute atomic E-state index is 0.278. The zero-order chi connectivity index (χ0) is 12.3. The molecule has 0 aliphatic rings. The molecule has 0 fully saturated rings. The Kier molecular flexibility index (Phi) is 3.23. The third-order valence-corrected chi connectivity index (χ3v) is 2.38. The Morgan fingerprint density at radius 1 is 1.18 bits per heavy atom. The van der Waals surface area contributed by atoms with Crippen LogP contribution < -0.4 is 10.1 Å². The maximum absolute atomic E-state index is 13.3. The number of aromatic nitrogens is 1. The number of anilines is 1. The maximum Gasteiger partial charge on any atom is 0.147 e. The van der Waals surface area contributed by atoms with Gasteiger partial charge in [0.2, 0.25) is 0 Å². The third kappa shape index (κ3) is 2.72. The summed E-state index contributed by atoms with van der Waals surface area (Å²) in [6, 6.07) is 6.57. The molecule has 0 aliphatic carbocycles. The number of rotatable bonds is 3. The molecular weight excluding hydrogens is 219 g/mol. The summed E-state index contributed by atoms with van der Waals surface area (Å²) >= 11 is 0. The van der Waals surface area contributed by atoms with E-state index in [9.17, 15) is 4.39 Å². The molecule has 3 nitrogen and oxygen atoms in total. The smallest absolute Gasteiger partial charge is 0.147 e. The van der Waals surface area contributed by atoms with Crippen LogP contribution in [0.15, 0.2) is 36.7 Å². The van der Waals surface area contributed by atoms with Crippen molar-refractivity contribution in [1.29, 1.82) is 0 Å². The molecule has 2 rings (SSSR count). The van der Waals surface area contributed by atoms with Crippen LogP contribution in [0.2, 0.25) is 0 Å². The van der Waals surface area contributed by atoms with Crippen molar-refractivity contribution in [2.45, 2.75) is 6.92 Å². The van der Waals surface area contributed by atoms with E-state index >= 15 is 0 Å². The Morgan fingerprint density at radius 3 is 2.71 bits per heavy atom. The van der Waals surface area contributed by atoms with Crippen LogP contribution >= 0.6 is 0 Å². The van der Waals surface area contributed by atoms with Gasteiger partial charge in [-0.2, -0.15) is 0 Å². The first kappa shape index (κ1) is 11.4. The summed E-state index contributed by atoms with van der Waals surface area (Å²) in [5.74, 6) is 0.753. The van der Waals surface area contributed by atoms with Crippen LogP contribution in [0.3, 0.4) is 0 Å². The van der Waals surface area contributed by atoms with Crippen LogP contribution in [-0.4, -0.2) is 12.0 Å². The van der Waals surface area contributed by atoms with Crippen LogP contribution in [-0.2, 0) is 0 Å². The molecule has 1 N–H and O–H groups in total. The molecule has 1 aromatic heterocycles. The first-order chi connectivity index (χ1) is 8.19. The van der Waals surface area contributed by atoms with Crippen molar-refractivity contribution >= 4 is 5.69 Å². The number of pyridine rings is 1. The lowest BCUT2D eigenvalue weighted by atomic mass is 10.2. The van der Waals surface area contributed by atoms with Crippen LogP contribution in [0, 0.1) is 12.7 Å². The van der Waals surface area contributed by atoms with Crippen molar-refractivity contribution in [3.05, 3.63) is 48.0 Å². The van der Waals surface area contributed by atoms with Gasteiger partial charge in [0, 0.05) is 19.2 Å². The SMILES string of the molecule is CNc1cncc(Oc2ccc(C)c(F)c2)c1. The van der Waals surface area contributed by atoms with Gasteiger partial charge in [-0.25, -0.2) is 4.39 Å². The average Bonchev–Trinajstić information content (AvgIpc) is 2.34. The molecule has 0 amide bonds. The van der Waals surface area contributed by atoms with Gasteiger partial charge in [-0.05, 0) is 18.6 Å². The molecule has 0 unspecified atom stereocenters. The maximum atomic E-state index is 13.3. The average molecular weight is 232 g/mol. The lowest BCUT2D eigenvalue weighted by molar-refractivity contribution is 0.474. The van der Waals surface area contributed by atoms with Crippen molar-refractivity contribution in [3.8, 4) is 11.5 Å². The van der Waals surface area contributed by atoms with Crippen LogP contribution in [0.1, 0.15) is 5.56 Å². The molecule has 0 saturated heterocycles. The fourth-order valence-electron chi connectivity index (χ4n) is 1.38. The molecular formula is C13H13FN2O. The van der Waals surface area contributed by atoms with Gasteiger partial charge in [0.05, 0.1) is 18.1 Å².